The molecule has 84 valence electrons. The third kappa shape index (κ3) is 2.42. The normalized spacial score (nSPS) is 12.3. The number of aliphatic hydroxyl groups is 1. The first-order chi connectivity index (χ1) is 7.13. The minimum atomic E-state index is -0.440. The monoisotopic (exact) mass is 210 g/mol. The van der Waals surface area contributed by atoms with Gasteiger partial charge in [-0.05, 0) is 36.6 Å². The predicted molar refractivity (Wildman–Crippen MR) is 59.5 cm³/mol. The summed E-state index contributed by atoms with van der Waals surface area (Å²) in [5.41, 5.74) is 1.91. The molecule has 0 unspecified atom stereocenters. The summed E-state index contributed by atoms with van der Waals surface area (Å²) < 4.78 is 10.4. The zero-order valence-corrected chi connectivity index (χ0v) is 9.70. The van der Waals surface area contributed by atoms with Crippen molar-refractivity contribution < 1.29 is 14.6 Å². The van der Waals surface area contributed by atoms with E-state index in [-0.39, 0.29) is 0 Å². The highest BCUT2D eigenvalue weighted by atomic mass is 16.5. The van der Waals surface area contributed by atoms with Crippen LogP contribution in [0.5, 0.6) is 11.5 Å². The SMILES string of the molecule is CC[C@@H](O)c1cc(OC)c(OC)cc1C. The molecule has 0 amide bonds. The third-order valence-corrected chi connectivity index (χ3v) is 2.52. The van der Waals surface area contributed by atoms with Gasteiger partial charge in [0.1, 0.15) is 0 Å². The van der Waals surface area contributed by atoms with E-state index in [0.717, 1.165) is 11.1 Å². The summed E-state index contributed by atoms with van der Waals surface area (Å²) in [5.74, 6) is 1.35. The van der Waals surface area contributed by atoms with Gasteiger partial charge in [-0.1, -0.05) is 6.92 Å². The van der Waals surface area contributed by atoms with Gasteiger partial charge in [0.05, 0.1) is 20.3 Å². The molecule has 1 aromatic carbocycles. The molecule has 0 bridgehead atoms. The van der Waals surface area contributed by atoms with Crippen molar-refractivity contribution in [3.05, 3.63) is 23.3 Å². The lowest BCUT2D eigenvalue weighted by molar-refractivity contribution is 0.172. The maximum absolute atomic E-state index is 9.80. The van der Waals surface area contributed by atoms with Crippen molar-refractivity contribution in [2.24, 2.45) is 0 Å². The first kappa shape index (κ1) is 11.9. The van der Waals surface area contributed by atoms with Crippen LogP contribution in [-0.4, -0.2) is 19.3 Å². The smallest absolute Gasteiger partial charge is 0.161 e. The summed E-state index contributed by atoms with van der Waals surface area (Å²) in [6.07, 6.45) is 0.251. The summed E-state index contributed by atoms with van der Waals surface area (Å²) >= 11 is 0. The van der Waals surface area contributed by atoms with Crippen LogP contribution in [0.1, 0.15) is 30.6 Å². The number of benzene rings is 1. The molecule has 0 heterocycles. The van der Waals surface area contributed by atoms with Gasteiger partial charge >= 0.3 is 0 Å². The molecule has 0 saturated heterocycles. The average Bonchev–Trinajstić information content (AvgIpc) is 2.27. The number of methoxy groups -OCH3 is 2. The van der Waals surface area contributed by atoms with Crippen molar-refractivity contribution in [1.82, 2.24) is 0 Å². The van der Waals surface area contributed by atoms with E-state index in [2.05, 4.69) is 0 Å². The highest BCUT2D eigenvalue weighted by molar-refractivity contribution is 5.47. The second-order valence-corrected chi connectivity index (χ2v) is 3.49. The summed E-state index contributed by atoms with van der Waals surface area (Å²) in [7, 11) is 3.20. The predicted octanol–water partition coefficient (Wildman–Crippen LogP) is 2.46. The molecule has 1 atom stereocenters. The molecular formula is C12H18O3. The summed E-state index contributed by atoms with van der Waals surface area (Å²) in [5, 5.41) is 9.80. The van der Waals surface area contributed by atoms with E-state index in [0.29, 0.717) is 17.9 Å². The highest BCUT2D eigenvalue weighted by Gasteiger charge is 2.13. The lowest BCUT2D eigenvalue weighted by Crippen LogP contribution is -2.01. The minimum Gasteiger partial charge on any atom is -0.493 e. The standard InChI is InChI=1S/C12H18O3/c1-5-10(13)9-7-12(15-4)11(14-3)6-8(9)2/h6-7,10,13H,5H2,1-4H3/t10-/m1/s1. The maximum atomic E-state index is 9.80. The van der Waals surface area contributed by atoms with E-state index < -0.39 is 6.10 Å². The summed E-state index contributed by atoms with van der Waals surface area (Å²) in [6.45, 7) is 3.90. The first-order valence-corrected chi connectivity index (χ1v) is 5.04. The van der Waals surface area contributed by atoms with E-state index in [9.17, 15) is 5.11 Å². The van der Waals surface area contributed by atoms with Crippen LogP contribution in [0, 0.1) is 6.92 Å². The van der Waals surface area contributed by atoms with Gasteiger partial charge in [-0.25, -0.2) is 0 Å². The molecule has 1 aromatic rings. The van der Waals surface area contributed by atoms with Crippen LogP contribution in [-0.2, 0) is 0 Å². The van der Waals surface area contributed by atoms with Crippen molar-refractivity contribution in [2.75, 3.05) is 14.2 Å². The number of aliphatic hydroxyl groups excluding tert-OH is 1. The number of aryl methyl sites for hydroxylation is 1. The zero-order chi connectivity index (χ0) is 11.4. The van der Waals surface area contributed by atoms with Gasteiger partial charge in [0.15, 0.2) is 11.5 Å². The van der Waals surface area contributed by atoms with Crippen LogP contribution in [0.15, 0.2) is 12.1 Å². The van der Waals surface area contributed by atoms with Crippen molar-refractivity contribution in [3.8, 4) is 11.5 Å². The summed E-state index contributed by atoms with van der Waals surface area (Å²) in [6, 6.07) is 3.72. The fourth-order valence-electron chi connectivity index (χ4n) is 1.58. The first-order valence-electron chi connectivity index (χ1n) is 5.04. The highest BCUT2D eigenvalue weighted by Crippen LogP contribution is 2.33. The largest absolute Gasteiger partial charge is 0.493 e. The Morgan fingerprint density at radius 2 is 1.73 bits per heavy atom. The lowest BCUT2D eigenvalue weighted by Gasteiger charge is -2.15. The second-order valence-electron chi connectivity index (χ2n) is 3.49. The summed E-state index contributed by atoms with van der Waals surface area (Å²) in [4.78, 5) is 0. The Morgan fingerprint density at radius 1 is 1.20 bits per heavy atom. The van der Waals surface area contributed by atoms with Crippen LogP contribution in [0.4, 0.5) is 0 Å². The van der Waals surface area contributed by atoms with Crippen LogP contribution in [0.2, 0.25) is 0 Å². The molecule has 3 nitrogen and oxygen atoms in total. The second kappa shape index (κ2) is 5.03. The molecule has 0 radical (unpaired) electrons. The van der Waals surface area contributed by atoms with Crippen LogP contribution >= 0.6 is 0 Å². The Balaban J connectivity index is 3.19. The Bertz CT molecular complexity index is 334. The van der Waals surface area contributed by atoms with Gasteiger partial charge in [0.25, 0.3) is 0 Å². The van der Waals surface area contributed by atoms with Gasteiger partial charge in [-0.2, -0.15) is 0 Å². The number of hydrogen-bond acceptors (Lipinski definition) is 3. The maximum Gasteiger partial charge on any atom is 0.161 e. The Kier molecular flexibility index (Phi) is 3.97. The Hall–Kier alpha value is -1.22. The molecule has 0 aromatic heterocycles. The Labute approximate surface area is 90.6 Å². The number of ether oxygens (including phenoxy) is 2. The molecule has 1 rings (SSSR count). The molecule has 0 fully saturated rings. The molecular weight excluding hydrogens is 192 g/mol. The average molecular weight is 210 g/mol. The molecule has 0 aliphatic rings. The third-order valence-electron chi connectivity index (χ3n) is 2.52. The van der Waals surface area contributed by atoms with Crippen molar-refractivity contribution in [2.45, 2.75) is 26.4 Å². The molecule has 0 aliphatic carbocycles. The van der Waals surface area contributed by atoms with Gasteiger partial charge in [0, 0.05) is 0 Å². The molecule has 0 saturated carbocycles. The molecule has 3 heteroatoms. The van der Waals surface area contributed by atoms with Crippen LogP contribution in [0.3, 0.4) is 0 Å². The number of hydrogen-bond donors (Lipinski definition) is 1. The minimum absolute atomic E-state index is 0.440. The van der Waals surface area contributed by atoms with Crippen molar-refractivity contribution in [1.29, 1.82) is 0 Å². The van der Waals surface area contributed by atoms with Gasteiger partial charge < -0.3 is 14.6 Å². The van der Waals surface area contributed by atoms with E-state index in [1.54, 1.807) is 14.2 Å². The number of rotatable bonds is 4. The fraction of sp³-hybridized carbons (Fsp3) is 0.500. The van der Waals surface area contributed by atoms with E-state index >= 15 is 0 Å². The van der Waals surface area contributed by atoms with E-state index in [1.807, 2.05) is 26.0 Å². The van der Waals surface area contributed by atoms with Crippen LogP contribution in [0.25, 0.3) is 0 Å². The van der Waals surface area contributed by atoms with Crippen molar-refractivity contribution in [3.63, 3.8) is 0 Å². The van der Waals surface area contributed by atoms with Gasteiger partial charge in [-0.3, -0.25) is 0 Å². The molecule has 15 heavy (non-hydrogen) atoms. The molecule has 1 N–H and O–H groups in total. The zero-order valence-electron chi connectivity index (χ0n) is 9.70. The van der Waals surface area contributed by atoms with Gasteiger partial charge in [0.2, 0.25) is 0 Å². The lowest BCUT2D eigenvalue weighted by atomic mass is 10.0. The Morgan fingerprint density at radius 3 is 2.20 bits per heavy atom. The van der Waals surface area contributed by atoms with Crippen LogP contribution < -0.4 is 9.47 Å². The topological polar surface area (TPSA) is 38.7 Å². The van der Waals surface area contributed by atoms with E-state index in [1.165, 1.54) is 0 Å². The van der Waals surface area contributed by atoms with Gasteiger partial charge in [-0.15, -0.1) is 0 Å². The quantitative estimate of drug-likeness (QED) is 0.829. The fourth-order valence-corrected chi connectivity index (χ4v) is 1.58. The van der Waals surface area contributed by atoms with Crippen molar-refractivity contribution >= 4 is 0 Å². The molecule has 0 aliphatic heterocycles. The molecule has 0 spiro atoms. The van der Waals surface area contributed by atoms with E-state index in [4.69, 9.17) is 9.47 Å².